The zero-order valence-corrected chi connectivity index (χ0v) is 9.78. The first-order chi connectivity index (χ1) is 7.84. The Hall–Kier alpha value is -1.16. The first kappa shape index (κ1) is 11.3. The fourth-order valence-electron chi connectivity index (χ4n) is 1.98. The molecule has 1 unspecified atom stereocenters. The molecule has 1 N–H and O–H groups in total. The molecular formula is C12H19N3O. The van der Waals surface area contributed by atoms with Crippen molar-refractivity contribution >= 4 is 0 Å². The summed E-state index contributed by atoms with van der Waals surface area (Å²) in [6.07, 6.45) is 5.42. The molecule has 2 rings (SSSR count). The minimum atomic E-state index is 0.503. The molecule has 0 amide bonds. The summed E-state index contributed by atoms with van der Waals surface area (Å²) in [7, 11) is 0. The van der Waals surface area contributed by atoms with E-state index in [1.54, 1.807) is 6.20 Å². The molecule has 1 atom stereocenters. The molecule has 4 heteroatoms. The van der Waals surface area contributed by atoms with Gasteiger partial charge in [0.2, 0.25) is 0 Å². The summed E-state index contributed by atoms with van der Waals surface area (Å²) < 4.78 is 5.54. The van der Waals surface area contributed by atoms with E-state index in [0.29, 0.717) is 6.01 Å². The summed E-state index contributed by atoms with van der Waals surface area (Å²) in [6.45, 7) is 4.95. The molecule has 1 saturated heterocycles. The van der Waals surface area contributed by atoms with Crippen molar-refractivity contribution in [2.24, 2.45) is 5.92 Å². The van der Waals surface area contributed by atoms with Gasteiger partial charge in [-0.25, -0.2) is 9.97 Å². The van der Waals surface area contributed by atoms with E-state index in [-0.39, 0.29) is 0 Å². The molecule has 0 aromatic carbocycles. The van der Waals surface area contributed by atoms with E-state index in [4.69, 9.17) is 4.74 Å². The maximum Gasteiger partial charge on any atom is 0.316 e. The number of nitrogens with zero attached hydrogens (tertiary/aromatic N) is 2. The Morgan fingerprint density at radius 1 is 1.56 bits per heavy atom. The van der Waals surface area contributed by atoms with Crippen LogP contribution in [0.4, 0.5) is 0 Å². The third-order valence-electron chi connectivity index (χ3n) is 2.93. The van der Waals surface area contributed by atoms with Gasteiger partial charge in [0, 0.05) is 11.9 Å². The average molecular weight is 221 g/mol. The minimum Gasteiger partial charge on any atom is -0.463 e. The number of aryl methyl sites for hydroxylation is 1. The van der Waals surface area contributed by atoms with Crippen molar-refractivity contribution in [1.29, 1.82) is 0 Å². The topological polar surface area (TPSA) is 47.0 Å². The number of nitrogens with one attached hydrogen (secondary N) is 1. The van der Waals surface area contributed by atoms with Gasteiger partial charge in [0.15, 0.2) is 0 Å². The molecule has 1 aromatic heterocycles. The molecule has 1 aromatic rings. The third-order valence-corrected chi connectivity index (χ3v) is 2.93. The molecule has 1 aliphatic heterocycles. The van der Waals surface area contributed by atoms with E-state index in [1.165, 1.54) is 19.4 Å². The second-order valence-corrected chi connectivity index (χ2v) is 4.33. The SMILES string of the molecule is Cc1ccnc(OCCC2CCCNC2)n1. The second-order valence-electron chi connectivity index (χ2n) is 4.33. The highest BCUT2D eigenvalue weighted by molar-refractivity contribution is 5.02. The molecule has 0 saturated carbocycles. The van der Waals surface area contributed by atoms with Gasteiger partial charge in [-0.1, -0.05) is 0 Å². The van der Waals surface area contributed by atoms with Gasteiger partial charge in [-0.3, -0.25) is 0 Å². The highest BCUT2D eigenvalue weighted by Gasteiger charge is 2.12. The fourth-order valence-corrected chi connectivity index (χ4v) is 1.98. The molecule has 2 heterocycles. The Balaban J connectivity index is 1.71. The molecule has 0 aliphatic carbocycles. The van der Waals surface area contributed by atoms with Crippen LogP contribution in [0, 0.1) is 12.8 Å². The number of piperidine rings is 1. The fraction of sp³-hybridized carbons (Fsp3) is 0.667. The van der Waals surface area contributed by atoms with Crippen LogP contribution in [0.15, 0.2) is 12.3 Å². The van der Waals surface area contributed by atoms with Crippen molar-refractivity contribution < 1.29 is 4.74 Å². The van der Waals surface area contributed by atoms with Gasteiger partial charge >= 0.3 is 6.01 Å². The molecule has 1 fully saturated rings. The van der Waals surface area contributed by atoms with E-state index in [1.807, 2.05) is 13.0 Å². The number of hydrogen-bond donors (Lipinski definition) is 1. The van der Waals surface area contributed by atoms with Crippen molar-refractivity contribution in [3.05, 3.63) is 18.0 Å². The lowest BCUT2D eigenvalue weighted by Gasteiger charge is -2.22. The smallest absolute Gasteiger partial charge is 0.316 e. The molecule has 0 radical (unpaired) electrons. The monoisotopic (exact) mass is 221 g/mol. The van der Waals surface area contributed by atoms with Gasteiger partial charge in [0.05, 0.1) is 6.61 Å². The summed E-state index contributed by atoms with van der Waals surface area (Å²) in [5, 5.41) is 3.41. The first-order valence-corrected chi connectivity index (χ1v) is 5.98. The van der Waals surface area contributed by atoms with Gasteiger partial charge in [-0.05, 0) is 51.3 Å². The number of aromatic nitrogens is 2. The van der Waals surface area contributed by atoms with Crippen LogP contribution >= 0.6 is 0 Å². The van der Waals surface area contributed by atoms with Gasteiger partial charge < -0.3 is 10.1 Å². The van der Waals surface area contributed by atoms with Crippen LogP contribution < -0.4 is 10.1 Å². The molecule has 16 heavy (non-hydrogen) atoms. The molecule has 0 spiro atoms. The van der Waals surface area contributed by atoms with Crippen LogP contribution in [-0.4, -0.2) is 29.7 Å². The van der Waals surface area contributed by atoms with E-state index >= 15 is 0 Å². The molecule has 4 nitrogen and oxygen atoms in total. The maximum atomic E-state index is 5.54. The predicted molar refractivity (Wildman–Crippen MR) is 62.5 cm³/mol. The van der Waals surface area contributed by atoms with E-state index < -0.39 is 0 Å². The van der Waals surface area contributed by atoms with Crippen LogP contribution in [0.3, 0.4) is 0 Å². The lowest BCUT2D eigenvalue weighted by Crippen LogP contribution is -2.30. The van der Waals surface area contributed by atoms with Crippen molar-refractivity contribution in [2.75, 3.05) is 19.7 Å². The van der Waals surface area contributed by atoms with Crippen molar-refractivity contribution in [2.45, 2.75) is 26.2 Å². The Morgan fingerprint density at radius 3 is 3.25 bits per heavy atom. The van der Waals surface area contributed by atoms with Gasteiger partial charge in [-0.15, -0.1) is 0 Å². The van der Waals surface area contributed by atoms with Crippen LogP contribution in [0.5, 0.6) is 6.01 Å². The number of ether oxygens (including phenoxy) is 1. The van der Waals surface area contributed by atoms with Crippen molar-refractivity contribution in [1.82, 2.24) is 15.3 Å². The van der Waals surface area contributed by atoms with E-state index in [0.717, 1.165) is 31.2 Å². The van der Waals surface area contributed by atoms with Gasteiger partial charge in [0.1, 0.15) is 0 Å². The Bertz CT molecular complexity index is 324. The predicted octanol–water partition coefficient (Wildman–Crippen LogP) is 1.55. The summed E-state index contributed by atoms with van der Waals surface area (Å²) in [6, 6.07) is 2.38. The summed E-state index contributed by atoms with van der Waals surface area (Å²) in [5.74, 6) is 0.749. The number of hydrogen-bond acceptors (Lipinski definition) is 4. The van der Waals surface area contributed by atoms with Gasteiger partial charge in [0.25, 0.3) is 0 Å². The lowest BCUT2D eigenvalue weighted by molar-refractivity contribution is 0.239. The Morgan fingerprint density at radius 2 is 2.50 bits per heavy atom. The zero-order chi connectivity index (χ0) is 11.2. The first-order valence-electron chi connectivity index (χ1n) is 5.98. The number of rotatable bonds is 4. The third kappa shape index (κ3) is 3.45. The Labute approximate surface area is 96.4 Å². The Kier molecular flexibility index (Phi) is 4.10. The van der Waals surface area contributed by atoms with Crippen LogP contribution in [0.1, 0.15) is 25.0 Å². The minimum absolute atomic E-state index is 0.503. The quantitative estimate of drug-likeness (QED) is 0.838. The highest BCUT2D eigenvalue weighted by atomic mass is 16.5. The van der Waals surface area contributed by atoms with Crippen LogP contribution in [-0.2, 0) is 0 Å². The maximum absolute atomic E-state index is 5.54. The van der Waals surface area contributed by atoms with Gasteiger partial charge in [-0.2, -0.15) is 0 Å². The molecular weight excluding hydrogens is 202 g/mol. The van der Waals surface area contributed by atoms with Crippen LogP contribution in [0.25, 0.3) is 0 Å². The summed E-state index contributed by atoms with van der Waals surface area (Å²) in [5.41, 5.74) is 0.948. The highest BCUT2D eigenvalue weighted by Crippen LogP contribution is 2.14. The largest absolute Gasteiger partial charge is 0.463 e. The summed E-state index contributed by atoms with van der Waals surface area (Å²) >= 11 is 0. The second kappa shape index (κ2) is 5.80. The standard InChI is InChI=1S/C12H19N3O/c1-10-4-7-14-12(15-10)16-8-5-11-3-2-6-13-9-11/h4,7,11,13H,2-3,5-6,8-9H2,1H3. The van der Waals surface area contributed by atoms with Crippen molar-refractivity contribution in [3.63, 3.8) is 0 Å². The molecule has 88 valence electrons. The average Bonchev–Trinajstić information content (AvgIpc) is 2.30. The molecule has 0 bridgehead atoms. The van der Waals surface area contributed by atoms with Crippen LogP contribution in [0.2, 0.25) is 0 Å². The summed E-state index contributed by atoms with van der Waals surface area (Å²) in [4.78, 5) is 8.28. The van der Waals surface area contributed by atoms with Crippen molar-refractivity contribution in [3.8, 4) is 6.01 Å². The molecule has 1 aliphatic rings. The van der Waals surface area contributed by atoms with E-state index in [9.17, 15) is 0 Å². The van der Waals surface area contributed by atoms with E-state index in [2.05, 4.69) is 15.3 Å². The normalized spacial score (nSPS) is 20.7. The lowest BCUT2D eigenvalue weighted by atomic mass is 9.97. The zero-order valence-electron chi connectivity index (χ0n) is 9.78.